The van der Waals surface area contributed by atoms with Gasteiger partial charge in [-0.3, -0.25) is 9.69 Å². The summed E-state index contributed by atoms with van der Waals surface area (Å²) in [5.41, 5.74) is 5.25. The van der Waals surface area contributed by atoms with Crippen LogP contribution in [0.4, 0.5) is 0 Å². The summed E-state index contributed by atoms with van der Waals surface area (Å²) in [6.07, 6.45) is 4.79. The van der Waals surface area contributed by atoms with E-state index in [1.54, 1.807) is 6.20 Å². The average molecular weight is 334 g/mol. The van der Waals surface area contributed by atoms with Gasteiger partial charge in [0.15, 0.2) is 0 Å². The lowest BCUT2D eigenvalue weighted by molar-refractivity contribution is 0.0943. The monoisotopic (exact) mass is 334 g/mol. The van der Waals surface area contributed by atoms with E-state index in [2.05, 4.69) is 39.5 Å². The van der Waals surface area contributed by atoms with Crippen LogP contribution in [0.15, 0.2) is 48.8 Å². The first-order chi connectivity index (χ1) is 12.2. The molecule has 128 valence electrons. The van der Waals surface area contributed by atoms with Crippen LogP contribution in [0.1, 0.15) is 27.2 Å². The first kappa shape index (κ1) is 15.8. The van der Waals surface area contributed by atoms with E-state index < -0.39 is 0 Å². The number of rotatable bonds is 4. The van der Waals surface area contributed by atoms with Crippen LogP contribution < -0.4 is 5.32 Å². The van der Waals surface area contributed by atoms with Crippen molar-refractivity contribution in [2.45, 2.75) is 19.9 Å². The molecule has 1 amide bonds. The lowest BCUT2D eigenvalue weighted by Crippen LogP contribution is -2.37. The molecule has 1 aliphatic heterocycles. The second kappa shape index (κ2) is 6.69. The first-order valence-corrected chi connectivity index (χ1v) is 8.72. The summed E-state index contributed by atoms with van der Waals surface area (Å²) in [7, 11) is 0. The highest BCUT2D eigenvalue weighted by Crippen LogP contribution is 2.17. The number of aryl methyl sites for hydroxylation is 1. The summed E-state index contributed by atoms with van der Waals surface area (Å²) in [5.74, 6) is -0.112. The zero-order valence-electron chi connectivity index (χ0n) is 14.4. The number of imidazole rings is 1. The molecule has 0 atom stereocenters. The van der Waals surface area contributed by atoms with E-state index in [-0.39, 0.29) is 5.91 Å². The minimum Gasteiger partial charge on any atom is -0.349 e. The molecule has 0 saturated heterocycles. The Morgan fingerprint density at radius 2 is 2.08 bits per heavy atom. The van der Waals surface area contributed by atoms with Gasteiger partial charge in [0.25, 0.3) is 5.91 Å². The van der Waals surface area contributed by atoms with E-state index in [0.29, 0.717) is 12.2 Å². The van der Waals surface area contributed by atoms with Gasteiger partial charge in [-0.1, -0.05) is 24.3 Å². The second-order valence-electron chi connectivity index (χ2n) is 6.65. The van der Waals surface area contributed by atoms with E-state index in [1.807, 2.05) is 29.7 Å². The maximum atomic E-state index is 12.3. The molecule has 0 fully saturated rings. The van der Waals surface area contributed by atoms with Crippen LogP contribution in [0.5, 0.6) is 0 Å². The smallest absolute Gasteiger partial charge is 0.271 e. The van der Waals surface area contributed by atoms with Crippen molar-refractivity contribution in [3.63, 3.8) is 0 Å². The number of hydrogen-bond donors (Lipinski definition) is 1. The molecule has 0 aliphatic carbocycles. The normalized spacial score (nSPS) is 14.4. The number of carbonyl (C=O) groups is 1. The fourth-order valence-corrected chi connectivity index (χ4v) is 3.36. The Labute approximate surface area is 147 Å². The average Bonchev–Trinajstić information content (AvgIpc) is 3.05. The van der Waals surface area contributed by atoms with Crippen LogP contribution in [0, 0.1) is 6.92 Å². The number of benzene rings is 1. The highest BCUT2D eigenvalue weighted by Gasteiger charge is 2.16. The van der Waals surface area contributed by atoms with Crippen molar-refractivity contribution in [1.29, 1.82) is 0 Å². The van der Waals surface area contributed by atoms with Gasteiger partial charge in [0, 0.05) is 38.6 Å². The summed E-state index contributed by atoms with van der Waals surface area (Å²) < 4.78 is 1.88. The third-order valence-electron chi connectivity index (χ3n) is 4.77. The quantitative estimate of drug-likeness (QED) is 0.797. The van der Waals surface area contributed by atoms with Gasteiger partial charge in [-0.15, -0.1) is 0 Å². The molecule has 1 aromatic carbocycles. The first-order valence-electron chi connectivity index (χ1n) is 8.72. The molecule has 0 bridgehead atoms. The summed E-state index contributed by atoms with van der Waals surface area (Å²) >= 11 is 0. The van der Waals surface area contributed by atoms with Crippen molar-refractivity contribution in [3.8, 4) is 0 Å². The molecular weight excluding hydrogens is 312 g/mol. The van der Waals surface area contributed by atoms with E-state index in [9.17, 15) is 4.79 Å². The Morgan fingerprint density at radius 3 is 2.96 bits per heavy atom. The Kier molecular flexibility index (Phi) is 4.24. The molecule has 4 rings (SSSR count). The third kappa shape index (κ3) is 3.42. The summed E-state index contributed by atoms with van der Waals surface area (Å²) in [5, 5.41) is 2.99. The van der Waals surface area contributed by atoms with E-state index in [4.69, 9.17) is 0 Å². The van der Waals surface area contributed by atoms with Crippen molar-refractivity contribution >= 4 is 11.6 Å². The van der Waals surface area contributed by atoms with Gasteiger partial charge in [0.05, 0.1) is 0 Å². The highest BCUT2D eigenvalue weighted by atomic mass is 16.1. The van der Waals surface area contributed by atoms with Crippen molar-refractivity contribution < 1.29 is 4.79 Å². The number of pyridine rings is 1. The molecule has 0 radical (unpaired) electrons. The van der Waals surface area contributed by atoms with E-state index in [0.717, 1.165) is 37.3 Å². The van der Waals surface area contributed by atoms with Crippen molar-refractivity contribution in [2.75, 3.05) is 19.6 Å². The highest BCUT2D eigenvalue weighted by molar-refractivity contribution is 5.92. The standard InChI is InChI=1S/C20H22N4O/c1-15-6-10-24-14-18(22-19(24)12-15)20(25)21-8-11-23-9-7-16-4-2-3-5-17(16)13-23/h2-6,10,12,14H,7-9,11,13H2,1H3,(H,21,25). The fourth-order valence-electron chi connectivity index (χ4n) is 3.36. The summed E-state index contributed by atoms with van der Waals surface area (Å²) in [4.78, 5) is 19.1. The number of nitrogens with one attached hydrogen (secondary N) is 1. The van der Waals surface area contributed by atoms with E-state index in [1.165, 1.54) is 11.1 Å². The van der Waals surface area contributed by atoms with Gasteiger partial charge in [0.1, 0.15) is 11.3 Å². The number of fused-ring (bicyclic) bond motifs is 2. The number of carbonyl (C=O) groups excluding carboxylic acids is 1. The lowest BCUT2D eigenvalue weighted by Gasteiger charge is -2.28. The molecule has 25 heavy (non-hydrogen) atoms. The van der Waals surface area contributed by atoms with Crippen molar-refractivity contribution in [3.05, 3.63) is 71.2 Å². The van der Waals surface area contributed by atoms with Crippen LogP contribution in [0.25, 0.3) is 5.65 Å². The summed E-state index contributed by atoms with van der Waals surface area (Å²) in [6, 6.07) is 12.6. The number of hydrogen-bond acceptors (Lipinski definition) is 3. The predicted octanol–water partition coefficient (Wildman–Crippen LogP) is 2.43. The minimum absolute atomic E-state index is 0.112. The second-order valence-corrected chi connectivity index (χ2v) is 6.65. The molecule has 2 aromatic heterocycles. The molecule has 1 N–H and O–H groups in total. The SMILES string of the molecule is Cc1ccn2cc(C(=O)NCCN3CCc4ccccc4C3)nc2c1. The topological polar surface area (TPSA) is 49.6 Å². The molecule has 0 saturated carbocycles. The zero-order valence-corrected chi connectivity index (χ0v) is 14.4. The molecule has 5 nitrogen and oxygen atoms in total. The number of amides is 1. The van der Waals surface area contributed by atoms with Crippen LogP contribution in [-0.2, 0) is 13.0 Å². The van der Waals surface area contributed by atoms with Crippen molar-refractivity contribution in [1.82, 2.24) is 19.6 Å². The Hall–Kier alpha value is -2.66. The zero-order chi connectivity index (χ0) is 17.2. The maximum absolute atomic E-state index is 12.3. The third-order valence-corrected chi connectivity index (χ3v) is 4.77. The molecule has 3 aromatic rings. The number of nitrogens with zero attached hydrogens (tertiary/aromatic N) is 3. The van der Waals surface area contributed by atoms with Gasteiger partial charge in [-0.2, -0.15) is 0 Å². The molecule has 5 heteroatoms. The van der Waals surface area contributed by atoms with E-state index >= 15 is 0 Å². The van der Waals surface area contributed by atoms with Gasteiger partial charge >= 0.3 is 0 Å². The maximum Gasteiger partial charge on any atom is 0.271 e. The fraction of sp³-hybridized carbons (Fsp3) is 0.300. The van der Waals surface area contributed by atoms with Gasteiger partial charge in [0.2, 0.25) is 0 Å². The number of aromatic nitrogens is 2. The van der Waals surface area contributed by atoms with Crippen LogP contribution >= 0.6 is 0 Å². The van der Waals surface area contributed by atoms with Gasteiger partial charge in [-0.25, -0.2) is 4.98 Å². The van der Waals surface area contributed by atoms with Crippen LogP contribution in [0.3, 0.4) is 0 Å². The van der Waals surface area contributed by atoms with Gasteiger partial charge < -0.3 is 9.72 Å². The Balaban J connectivity index is 1.33. The van der Waals surface area contributed by atoms with Crippen molar-refractivity contribution in [2.24, 2.45) is 0 Å². The molecule has 1 aliphatic rings. The molecular formula is C20H22N4O. The Morgan fingerprint density at radius 1 is 1.24 bits per heavy atom. The molecule has 3 heterocycles. The Bertz CT molecular complexity index is 915. The molecule has 0 spiro atoms. The largest absolute Gasteiger partial charge is 0.349 e. The van der Waals surface area contributed by atoms with Gasteiger partial charge in [-0.05, 0) is 42.2 Å². The molecule has 0 unspecified atom stereocenters. The lowest BCUT2D eigenvalue weighted by atomic mass is 10.00. The predicted molar refractivity (Wildman–Crippen MR) is 97.7 cm³/mol. The summed E-state index contributed by atoms with van der Waals surface area (Å²) in [6.45, 7) is 5.51. The van der Waals surface area contributed by atoms with Crippen LogP contribution in [-0.4, -0.2) is 39.8 Å². The van der Waals surface area contributed by atoms with Crippen LogP contribution in [0.2, 0.25) is 0 Å². The minimum atomic E-state index is -0.112.